The summed E-state index contributed by atoms with van der Waals surface area (Å²) in [5, 5.41) is 10.6. The Labute approximate surface area is 176 Å². The van der Waals surface area contributed by atoms with Crippen molar-refractivity contribution in [3.05, 3.63) is 24.3 Å². The summed E-state index contributed by atoms with van der Waals surface area (Å²) in [7, 11) is 1.57. The molecule has 31 heavy (non-hydrogen) atoms. The van der Waals surface area contributed by atoms with Gasteiger partial charge < -0.3 is 25.0 Å². The van der Waals surface area contributed by atoms with E-state index in [1.54, 1.807) is 13.2 Å². The summed E-state index contributed by atoms with van der Waals surface area (Å²) in [4.78, 5) is 14.6. The molecule has 5 heterocycles. The van der Waals surface area contributed by atoms with Crippen LogP contribution >= 0.6 is 0 Å². The van der Waals surface area contributed by atoms with Crippen LogP contribution in [-0.4, -0.2) is 83.3 Å². The van der Waals surface area contributed by atoms with Crippen LogP contribution in [0.15, 0.2) is 18.5 Å². The van der Waals surface area contributed by atoms with Crippen molar-refractivity contribution in [3.8, 4) is 17.1 Å². The van der Waals surface area contributed by atoms with E-state index >= 15 is 0 Å². The molecule has 2 saturated heterocycles. The molecule has 5 rings (SSSR count). The minimum Gasteiger partial charge on any atom is -0.493 e. The van der Waals surface area contributed by atoms with Crippen LogP contribution in [0.4, 0.5) is 20.5 Å². The molecule has 2 atom stereocenters. The largest absolute Gasteiger partial charge is 0.493 e. The number of halogens is 2. The van der Waals surface area contributed by atoms with Crippen molar-refractivity contribution in [3.63, 3.8) is 0 Å². The lowest BCUT2D eigenvalue weighted by Gasteiger charge is -2.28. The summed E-state index contributed by atoms with van der Waals surface area (Å²) in [6.45, 7) is 3.19. The van der Waals surface area contributed by atoms with Gasteiger partial charge in [0.2, 0.25) is 5.95 Å². The van der Waals surface area contributed by atoms with Crippen LogP contribution in [0.3, 0.4) is 0 Å². The number of hydrogen-bond acceptors (Lipinski definition) is 9. The van der Waals surface area contributed by atoms with Crippen LogP contribution < -0.4 is 20.3 Å². The second-order valence-electron chi connectivity index (χ2n) is 7.36. The summed E-state index contributed by atoms with van der Waals surface area (Å²) in [6.07, 6.45) is 1.49. The molecule has 2 aliphatic rings. The molecule has 0 spiro atoms. The molecule has 2 fully saturated rings. The number of nitrogens with one attached hydrogen (secondary N) is 2. The molecule has 2 unspecified atom stereocenters. The molecule has 0 saturated carbocycles. The van der Waals surface area contributed by atoms with Crippen molar-refractivity contribution >= 4 is 17.4 Å². The highest BCUT2D eigenvalue weighted by Crippen LogP contribution is 2.30. The van der Waals surface area contributed by atoms with Gasteiger partial charge in [-0.15, -0.1) is 5.10 Å². The number of hydrogen-bond donors (Lipinski definition) is 2. The quantitative estimate of drug-likeness (QED) is 0.609. The molecule has 164 valence electrons. The fraction of sp³-hybridized carbons (Fsp3) is 0.474. The lowest BCUT2D eigenvalue weighted by atomic mass is 10.2. The van der Waals surface area contributed by atoms with E-state index in [1.165, 1.54) is 10.7 Å². The molecule has 0 aromatic carbocycles. The van der Waals surface area contributed by atoms with Crippen LogP contribution in [0.25, 0.3) is 17.0 Å². The van der Waals surface area contributed by atoms with Gasteiger partial charge in [-0.25, -0.2) is 28.2 Å². The van der Waals surface area contributed by atoms with Crippen LogP contribution in [0.1, 0.15) is 0 Å². The van der Waals surface area contributed by atoms with E-state index in [0.29, 0.717) is 55.8 Å². The maximum absolute atomic E-state index is 14.7. The van der Waals surface area contributed by atoms with Gasteiger partial charge in [-0.1, -0.05) is 0 Å². The minimum absolute atomic E-state index is 0.0250. The van der Waals surface area contributed by atoms with Crippen molar-refractivity contribution in [1.29, 1.82) is 0 Å². The number of anilines is 2. The van der Waals surface area contributed by atoms with Crippen molar-refractivity contribution in [1.82, 2.24) is 29.9 Å². The Morgan fingerprint density at radius 3 is 2.81 bits per heavy atom. The first-order valence-corrected chi connectivity index (χ1v) is 10.0. The van der Waals surface area contributed by atoms with Crippen LogP contribution in [0, 0.1) is 5.82 Å². The van der Waals surface area contributed by atoms with Crippen molar-refractivity contribution in [2.45, 2.75) is 12.2 Å². The third-order valence-electron chi connectivity index (χ3n) is 5.41. The number of aromatic nitrogens is 5. The predicted molar refractivity (Wildman–Crippen MR) is 109 cm³/mol. The van der Waals surface area contributed by atoms with Gasteiger partial charge in [-0.05, 0) is 0 Å². The average Bonchev–Trinajstić information content (AvgIpc) is 3.40. The van der Waals surface area contributed by atoms with Gasteiger partial charge >= 0.3 is 0 Å². The van der Waals surface area contributed by atoms with Gasteiger partial charge in [0.1, 0.15) is 17.6 Å². The smallest absolute Gasteiger partial charge is 0.223 e. The predicted octanol–water partition coefficient (Wildman–Crippen LogP) is 0.892. The Morgan fingerprint density at radius 1 is 1.23 bits per heavy atom. The number of imidazole rings is 1. The summed E-state index contributed by atoms with van der Waals surface area (Å²) < 4.78 is 41.1. The lowest BCUT2D eigenvalue weighted by molar-refractivity contribution is 0.122. The minimum atomic E-state index is -1.07. The highest BCUT2D eigenvalue weighted by Gasteiger charge is 2.28. The molecule has 0 amide bonds. The summed E-state index contributed by atoms with van der Waals surface area (Å²) >= 11 is 0. The van der Waals surface area contributed by atoms with E-state index in [2.05, 4.69) is 30.7 Å². The van der Waals surface area contributed by atoms with Crippen molar-refractivity contribution in [2.75, 3.05) is 56.7 Å². The Hall–Kier alpha value is -3.12. The number of rotatable bonds is 5. The Bertz CT molecular complexity index is 1090. The summed E-state index contributed by atoms with van der Waals surface area (Å²) in [5.41, 5.74) is 0.869. The van der Waals surface area contributed by atoms with E-state index in [9.17, 15) is 8.78 Å². The molecule has 0 aliphatic carbocycles. The van der Waals surface area contributed by atoms with Gasteiger partial charge in [0, 0.05) is 32.2 Å². The highest BCUT2D eigenvalue weighted by molar-refractivity contribution is 5.65. The van der Waals surface area contributed by atoms with Crippen molar-refractivity contribution < 1.29 is 18.3 Å². The third kappa shape index (κ3) is 3.72. The van der Waals surface area contributed by atoms with Crippen molar-refractivity contribution in [2.24, 2.45) is 0 Å². The molecule has 3 aromatic rings. The molecule has 3 aromatic heterocycles. The number of ether oxygens (including phenoxy) is 2. The Morgan fingerprint density at radius 2 is 2.06 bits per heavy atom. The zero-order valence-electron chi connectivity index (χ0n) is 16.9. The van der Waals surface area contributed by atoms with Gasteiger partial charge in [0.05, 0.1) is 38.8 Å². The summed E-state index contributed by atoms with van der Waals surface area (Å²) in [5.74, 6) is 0.700. The molecule has 2 aliphatic heterocycles. The number of fused-ring (bicyclic) bond motifs is 1. The van der Waals surface area contributed by atoms with Crippen LogP contribution in [0.5, 0.6) is 5.75 Å². The number of alkyl halides is 1. The number of methoxy groups -OCH3 is 1. The molecule has 2 N–H and O–H groups in total. The standard InChI is InChI=1S/C19H22F2N8O2/c1-30-15-6-16-23-10-14(29(16)27-18(15)28-2-4-31-5-3-28)17-12(21)8-24-19(26-17)25-13-9-22-7-11(13)20/h6,8,10-11,13,22H,2-5,7,9H2,1H3,(H,24,25,26). The maximum atomic E-state index is 14.7. The highest BCUT2D eigenvalue weighted by atomic mass is 19.1. The molecule has 12 heteroatoms. The molecule has 0 bridgehead atoms. The number of nitrogens with zero attached hydrogens (tertiary/aromatic N) is 6. The van der Waals surface area contributed by atoms with E-state index < -0.39 is 18.0 Å². The number of morpholine rings is 1. The Balaban J connectivity index is 1.54. The molecular formula is C19H22F2N8O2. The molecule has 10 nitrogen and oxygen atoms in total. The van der Waals surface area contributed by atoms with Gasteiger partial charge in [-0.3, -0.25) is 0 Å². The monoisotopic (exact) mass is 432 g/mol. The zero-order chi connectivity index (χ0) is 21.4. The normalized spacial score (nSPS) is 21.6. The molecule has 0 radical (unpaired) electrons. The van der Waals surface area contributed by atoms with Crippen LogP contribution in [-0.2, 0) is 4.74 Å². The van der Waals surface area contributed by atoms with Gasteiger partial charge in [-0.2, -0.15) is 0 Å². The SMILES string of the molecule is COc1cc2ncc(-c3nc(NC4CNCC4F)ncc3F)n2nc1N1CCOCC1. The fourth-order valence-corrected chi connectivity index (χ4v) is 3.77. The second-order valence-corrected chi connectivity index (χ2v) is 7.36. The Kier molecular flexibility index (Phi) is 5.24. The van der Waals surface area contributed by atoms with Gasteiger partial charge in [0.25, 0.3) is 0 Å². The zero-order valence-corrected chi connectivity index (χ0v) is 16.9. The molecular weight excluding hydrogens is 410 g/mol. The second kappa shape index (κ2) is 8.19. The third-order valence-corrected chi connectivity index (χ3v) is 5.41. The van der Waals surface area contributed by atoms with Gasteiger partial charge in [0.15, 0.2) is 23.0 Å². The van der Waals surface area contributed by atoms with E-state index in [-0.39, 0.29) is 18.2 Å². The first kappa shape index (κ1) is 19.8. The average molecular weight is 432 g/mol. The first-order valence-electron chi connectivity index (χ1n) is 10.0. The maximum Gasteiger partial charge on any atom is 0.223 e. The van der Waals surface area contributed by atoms with E-state index in [1.807, 2.05) is 4.90 Å². The summed E-state index contributed by atoms with van der Waals surface area (Å²) in [6, 6.07) is 1.27. The van der Waals surface area contributed by atoms with Crippen LogP contribution in [0.2, 0.25) is 0 Å². The van der Waals surface area contributed by atoms with E-state index in [0.717, 1.165) is 6.20 Å². The first-order chi connectivity index (χ1) is 15.1. The fourth-order valence-electron chi connectivity index (χ4n) is 3.77. The van der Waals surface area contributed by atoms with E-state index in [4.69, 9.17) is 9.47 Å². The lowest BCUT2D eigenvalue weighted by Crippen LogP contribution is -2.37. The topological polar surface area (TPSA) is 102 Å².